The summed E-state index contributed by atoms with van der Waals surface area (Å²) >= 11 is 0. The fourth-order valence-electron chi connectivity index (χ4n) is 6.47. The Kier molecular flexibility index (Phi) is 5.08. The molecule has 3 aliphatic rings. The third kappa shape index (κ3) is 3.51. The SMILES string of the molecule is Cn1c(C2CC3(CNC3)C2)nc(-c2ccc(N3CCOCC3)cc2)c1-c1cc(O)cc2ccccc12. The van der Waals surface area contributed by atoms with Crippen LogP contribution in [0.4, 0.5) is 5.69 Å². The molecule has 0 amide bonds. The first-order valence-electron chi connectivity index (χ1n) is 13.0. The number of benzene rings is 3. The van der Waals surface area contributed by atoms with Crippen LogP contribution in [0.2, 0.25) is 0 Å². The summed E-state index contributed by atoms with van der Waals surface area (Å²) in [4.78, 5) is 7.68. The first-order chi connectivity index (χ1) is 17.6. The van der Waals surface area contributed by atoms with Crippen LogP contribution in [0.3, 0.4) is 0 Å². The summed E-state index contributed by atoms with van der Waals surface area (Å²) in [6.45, 7) is 5.66. The van der Waals surface area contributed by atoms with Crippen molar-refractivity contribution < 1.29 is 9.84 Å². The summed E-state index contributed by atoms with van der Waals surface area (Å²) in [7, 11) is 2.14. The lowest BCUT2D eigenvalue weighted by molar-refractivity contribution is 0.0321. The molecule has 3 heterocycles. The van der Waals surface area contributed by atoms with Crippen molar-refractivity contribution in [1.29, 1.82) is 0 Å². The largest absolute Gasteiger partial charge is 0.508 e. The van der Waals surface area contributed by atoms with Gasteiger partial charge < -0.3 is 24.6 Å². The molecule has 2 aliphatic heterocycles. The summed E-state index contributed by atoms with van der Waals surface area (Å²) in [5.41, 5.74) is 5.90. The molecule has 7 rings (SSSR count). The molecule has 2 saturated heterocycles. The van der Waals surface area contributed by atoms with Crippen molar-refractivity contribution in [3.05, 3.63) is 66.5 Å². The van der Waals surface area contributed by atoms with E-state index in [0.717, 1.165) is 78.5 Å². The van der Waals surface area contributed by atoms with Crippen LogP contribution < -0.4 is 10.2 Å². The molecule has 4 aromatic rings. The topological polar surface area (TPSA) is 62.6 Å². The normalized spacial score (nSPS) is 19.4. The molecule has 0 unspecified atom stereocenters. The molecule has 3 aromatic carbocycles. The zero-order valence-corrected chi connectivity index (χ0v) is 20.7. The second-order valence-corrected chi connectivity index (χ2v) is 10.8. The van der Waals surface area contributed by atoms with Crippen LogP contribution in [0, 0.1) is 5.41 Å². The Labute approximate surface area is 211 Å². The molecule has 0 bridgehead atoms. The second kappa shape index (κ2) is 8.36. The Morgan fingerprint density at radius 1 is 1.00 bits per heavy atom. The van der Waals surface area contributed by atoms with Gasteiger partial charge in [-0.3, -0.25) is 0 Å². The standard InChI is InChI=1S/C30H32N4O2/c1-33-28(26-15-24(35)14-21-4-2-3-5-25(21)26)27(32-29(33)22-16-30(17-22)18-31-19-30)20-6-8-23(9-7-20)34-10-12-36-13-11-34/h2-9,14-15,22,31,35H,10-13,16-19H2,1H3. The Morgan fingerprint density at radius 2 is 1.75 bits per heavy atom. The fraction of sp³-hybridized carbons (Fsp3) is 0.367. The van der Waals surface area contributed by atoms with E-state index in [4.69, 9.17) is 9.72 Å². The van der Waals surface area contributed by atoms with Gasteiger partial charge in [-0.05, 0) is 53.3 Å². The zero-order chi connectivity index (χ0) is 24.3. The maximum absolute atomic E-state index is 10.6. The van der Waals surface area contributed by atoms with E-state index in [-0.39, 0.29) is 5.75 Å². The predicted molar refractivity (Wildman–Crippen MR) is 144 cm³/mol. The quantitative estimate of drug-likeness (QED) is 0.434. The molecular weight excluding hydrogens is 448 g/mol. The smallest absolute Gasteiger partial charge is 0.116 e. The molecule has 36 heavy (non-hydrogen) atoms. The number of aromatic hydroxyl groups is 1. The van der Waals surface area contributed by atoms with Crippen molar-refractivity contribution in [3.63, 3.8) is 0 Å². The first-order valence-corrected chi connectivity index (χ1v) is 13.0. The van der Waals surface area contributed by atoms with Crippen molar-refractivity contribution in [2.24, 2.45) is 12.5 Å². The lowest BCUT2D eigenvalue weighted by atomic mass is 9.58. The number of ether oxygens (including phenoxy) is 1. The first kappa shape index (κ1) is 21.9. The summed E-state index contributed by atoms with van der Waals surface area (Å²) in [5, 5.41) is 16.2. The number of nitrogens with zero attached hydrogens (tertiary/aromatic N) is 3. The third-order valence-electron chi connectivity index (χ3n) is 8.47. The van der Waals surface area contributed by atoms with E-state index >= 15 is 0 Å². The summed E-state index contributed by atoms with van der Waals surface area (Å²) < 4.78 is 7.81. The minimum absolute atomic E-state index is 0.281. The minimum Gasteiger partial charge on any atom is -0.508 e. The molecule has 1 aromatic heterocycles. The highest BCUT2D eigenvalue weighted by Crippen LogP contribution is 2.54. The number of phenols is 1. The molecule has 6 heteroatoms. The average molecular weight is 481 g/mol. The Hall–Kier alpha value is -3.35. The lowest BCUT2D eigenvalue weighted by Gasteiger charge is -2.54. The maximum Gasteiger partial charge on any atom is 0.116 e. The van der Waals surface area contributed by atoms with Gasteiger partial charge in [-0.1, -0.05) is 36.4 Å². The molecule has 2 N–H and O–H groups in total. The van der Waals surface area contributed by atoms with Crippen LogP contribution in [0.1, 0.15) is 24.6 Å². The Morgan fingerprint density at radius 3 is 2.47 bits per heavy atom. The molecular formula is C30H32N4O2. The van der Waals surface area contributed by atoms with Gasteiger partial charge in [-0.2, -0.15) is 0 Å². The highest BCUT2D eigenvalue weighted by atomic mass is 16.5. The zero-order valence-electron chi connectivity index (χ0n) is 20.7. The molecule has 184 valence electrons. The van der Waals surface area contributed by atoms with Crippen LogP contribution in [0.25, 0.3) is 33.3 Å². The summed E-state index contributed by atoms with van der Waals surface area (Å²) in [6, 6.07) is 20.8. The molecule has 6 nitrogen and oxygen atoms in total. The van der Waals surface area contributed by atoms with Crippen LogP contribution in [-0.4, -0.2) is 54.1 Å². The van der Waals surface area contributed by atoms with Gasteiger partial charge in [0.15, 0.2) is 0 Å². The minimum atomic E-state index is 0.281. The van der Waals surface area contributed by atoms with E-state index in [0.29, 0.717) is 11.3 Å². The third-order valence-corrected chi connectivity index (χ3v) is 8.47. The molecule has 0 radical (unpaired) electrons. The van der Waals surface area contributed by atoms with Crippen molar-refractivity contribution in [1.82, 2.24) is 14.9 Å². The van der Waals surface area contributed by atoms with Crippen LogP contribution in [0.15, 0.2) is 60.7 Å². The van der Waals surface area contributed by atoms with Crippen molar-refractivity contribution in [2.75, 3.05) is 44.3 Å². The van der Waals surface area contributed by atoms with Gasteiger partial charge in [0, 0.05) is 56.0 Å². The number of hydrogen-bond acceptors (Lipinski definition) is 5. The second-order valence-electron chi connectivity index (χ2n) is 10.8. The molecule has 1 spiro atoms. The monoisotopic (exact) mass is 480 g/mol. The van der Waals surface area contributed by atoms with Gasteiger partial charge >= 0.3 is 0 Å². The molecule has 1 aliphatic carbocycles. The van der Waals surface area contributed by atoms with Crippen molar-refractivity contribution in [3.8, 4) is 28.3 Å². The van der Waals surface area contributed by atoms with Gasteiger partial charge in [0.1, 0.15) is 11.6 Å². The number of hydrogen-bond donors (Lipinski definition) is 2. The predicted octanol–water partition coefficient (Wildman–Crippen LogP) is 4.92. The average Bonchev–Trinajstić information content (AvgIpc) is 3.19. The Bertz CT molecular complexity index is 1420. The molecule has 1 saturated carbocycles. The number of imidazole rings is 1. The Balaban J connectivity index is 1.35. The van der Waals surface area contributed by atoms with Gasteiger partial charge in [-0.15, -0.1) is 0 Å². The van der Waals surface area contributed by atoms with Gasteiger partial charge in [0.2, 0.25) is 0 Å². The number of morpholine rings is 1. The van der Waals surface area contributed by atoms with E-state index in [1.54, 1.807) is 0 Å². The number of rotatable bonds is 4. The maximum atomic E-state index is 10.6. The number of fused-ring (bicyclic) bond motifs is 1. The van der Waals surface area contributed by atoms with Crippen LogP contribution >= 0.6 is 0 Å². The number of aromatic nitrogens is 2. The number of phenolic OH excluding ortho intramolecular Hbond substituents is 1. The number of anilines is 1. The molecule has 0 atom stereocenters. The molecule has 3 fully saturated rings. The van der Waals surface area contributed by atoms with Crippen LogP contribution in [0.5, 0.6) is 5.75 Å². The van der Waals surface area contributed by atoms with Gasteiger partial charge in [0.05, 0.1) is 24.6 Å². The highest BCUT2D eigenvalue weighted by molar-refractivity contribution is 6.00. The van der Waals surface area contributed by atoms with E-state index in [1.165, 1.54) is 18.5 Å². The summed E-state index contributed by atoms with van der Waals surface area (Å²) in [5.74, 6) is 1.91. The van der Waals surface area contributed by atoms with E-state index < -0.39 is 0 Å². The highest BCUT2D eigenvalue weighted by Gasteiger charge is 2.50. The van der Waals surface area contributed by atoms with E-state index in [2.05, 4.69) is 64.3 Å². The van der Waals surface area contributed by atoms with Gasteiger partial charge in [0.25, 0.3) is 0 Å². The number of nitrogens with one attached hydrogen (secondary N) is 1. The van der Waals surface area contributed by atoms with Crippen LogP contribution in [-0.2, 0) is 11.8 Å². The van der Waals surface area contributed by atoms with E-state index in [1.807, 2.05) is 18.2 Å². The van der Waals surface area contributed by atoms with Gasteiger partial charge in [-0.25, -0.2) is 4.98 Å². The van der Waals surface area contributed by atoms with Crippen molar-refractivity contribution >= 4 is 16.5 Å². The lowest BCUT2D eigenvalue weighted by Crippen LogP contribution is -2.59. The summed E-state index contributed by atoms with van der Waals surface area (Å²) in [6.07, 6.45) is 2.39. The van der Waals surface area contributed by atoms with E-state index in [9.17, 15) is 5.11 Å². The van der Waals surface area contributed by atoms with Crippen molar-refractivity contribution in [2.45, 2.75) is 18.8 Å². The fourth-order valence-corrected chi connectivity index (χ4v) is 6.47.